The van der Waals surface area contributed by atoms with Gasteiger partial charge in [-0.25, -0.2) is 8.42 Å². The van der Waals surface area contributed by atoms with E-state index in [0.717, 1.165) is 18.8 Å². The molecular formula is C16H25NO3S. The van der Waals surface area contributed by atoms with Crippen molar-refractivity contribution in [3.05, 3.63) is 30.3 Å². The van der Waals surface area contributed by atoms with Crippen molar-refractivity contribution in [3.8, 4) is 5.75 Å². The topological polar surface area (TPSA) is 46.6 Å². The number of para-hydroxylation sites is 1. The molecule has 0 aliphatic carbocycles. The highest BCUT2D eigenvalue weighted by Gasteiger charge is 2.29. The Labute approximate surface area is 128 Å². The zero-order chi connectivity index (χ0) is 15.5. The van der Waals surface area contributed by atoms with Crippen molar-refractivity contribution in [2.75, 3.05) is 31.1 Å². The van der Waals surface area contributed by atoms with Crippen LogP contribution in [0.1, 0.15) is 20.8 Å². The lowest BCUT2D eigenvalue weighted by molar-refractivity contribution is 0.0584. The van der Waals surface area contributed by atoms with Gasteiger partial charge < -0.3 is 4.74 Å². The molecule has 4 nitrogen and oxygen atoms in total. The normalized spacial score (nSPS) is 23.5. The van der Waals surface area contributed by atoms with Crippen LogP contribution in [0.15, 0.2) is 30.3 Å². The fraction of sp³-hybridized carbons (Fsp3) is 0.625. The molecule has 2 rings (SSSR count). The summed E-state index contributed by atoms with van der Waals surface area (Å²) in [4.78, 5) is 2.21. The third-order valence-electron chi connectivity index (χ3n) is 3.57. The summed E-state index contributed by atoms with van der Waals surface area (Å²) in [6.07, 6.45) is 0. The predicted molar refractivity (Wildman–Crippen MR) is 85.4 cm³/mol. The van der Waals surface area contributed by atoms with Gasteiger partial charge in [0.1, 0.15) is 11.4 Å². The minimum absolute atomic E-state index is 0.171. The van der Waals surface area contributed by atoms with Gasteiger partial charge in [-0.05, 0) is 31.9 Å². The smallest absolute Gasteiger partial charge is 0.151 e. The maximum atomic E-state index is 11.8. The monoisotopic (exact) mass is 311 g/mol. The number of nitrogens with zero attached hydrogens (tertiary/aromatic N) is 1. The van der Waals surface area contributed by atoms with E-state index < -0.39 is 9.84 Å². The second-order valence-electron chi connectivity index (χ2n) is 6.63. The molecular weight excluding hydrogens is 286 g/mol. The third kappa shape index (κ3) is 5.32. The Morgan fingerprint density at radius 3 is 2.62 bits per heavy atom. The number of sulfone groups is 1. The van der Waals surface area contributed by atoms with Gasteiger partial charge in [0.05, 0.1) is 11.5 Å². The van der Waals surface area contributed by atoms with Crippen LogP contribution in [0, 0.1) is 5.92 Å². The Kier molecular flexibility index (Phi) is 4.94. The minimum atomic E-state index is -2.90. The van der Waals surface area contributed by atoms with E-state index in [9.17, 15) is 8.42 Å². The molecule has 5 heteroatoms. The minimum Gasteiger partial charge on any atom is -0.487 e. The molecule has 1 aliphatic heterocycles. The Morgan fingerprint density at radius 1 is 1.29 bits per heavy atom. The van der Waals surface area contributed by atoms with Crippen LogP contribution in [0.5, 0.6) is 5.75 Å². The molecule has 1 heterocycles. The van der Waals surface area contributed by atoms with Crippen molar-refractivity contribution >= 4 is 9.84 Å². The highest BCUT2D eigenvalue weighted by Crippen LogP contribution is 2.20. The van der Waals surface area contributed by atoms with Crippen molar-refractivity contribution in [2.45, 2.75) is 26.4 Å². The fourth-order valence-electron chi connectivity index (χ4n) is 2.89. The molecule has 0 bridgehead atoms. The van der Waals surface area contributed by atoms with E-state index in [4.69, 9.17) is 4.74 Å². The lowest BCUT2D eigenvalue weighted by Gasteiger charge is -2.33. The summed E-state index contributed by atoms with van der Waals surface area (Å²) in [5.41, 5.74) is -0.352. The molecule has 0 radical (unpaired) electrons. The molecule has 1 saturated heterocycles. The fourth-order valence-corrected chi connectivity index (χ4v) is 4.57. The van der Waals surface area contributed by atoms with Crippen LogP contribution in [0.4, 0.5) is 0 Å². The van der Waals surface area contributed by atoms with E-state index in [2.05, 4.69) is 4.90 Å². The SMILES string of the molecule is CC1CN(CC(C)(C)Oc2ccccc2)CCS(=O)(=O)C1. The molecule has 1 atom stereocenters. The largest absolute Gasteiger partial charge is 0.487 e. The average molecular weight is 311 g/mol. The number of hydrogen-bond donors (Lipinski definition) is 0. The van der Waals surface area contributed by atoms with Crippen LogP contribution in [-0.2, 0) is 9.84 Å². The summed E-state index contributed by atoms with van der Waals surface area (Å²) in [5.74, 6) is 1.56. The molecule has 1 aromatic rings. The van der Waals surface area contributed by atoms with Gasteiger partial charge in [-0.15, -0.1) is 0 Å². The van der Waals surface area contributed by atoms with Gasteiger partial charge in [0.15, 0.2) is 9.84 Å². The maximum Gasteiger partial charge on any atom is 0.151 e. The summed E-state index contributed by atoms with van der Waals surface area (Å²) in [6.45, 7) is 8.21. The standard InChI is InChI=1S/C16H25NO3S/c1-14-11-17(9-10-21(18,19)12-14)13-16(2,3)20-15-7-5-4-6-8-15/h4-8,14H,9-13H2,1-3H3. The van der Waals surface area contributed by atoms with Gasteiger partial charge in [-0.1, -0.05) is 25.1 Å². The summed E-state index contributed by atoms with van der Waals surface area (Å²) < 4.78 is 29.7. The van der Waals surface area contributed by atoms with Crippen LogP contribution in [-0.4, -0.2) is 50.1 Å². The first-order valence-electron chi connectivity index (χ1n) is 7.43. The van der Waals surface area contributed by atoms with E-state index in [-0.39, 0.29) is 17.3 Å². The first-order valence-corrected chi connectivity index (χ1v) is 9.25. The average Bonchev–Trinajstić information content (AvgIpc) is 2.47. The molecule has 1 aromatic carbocycles. The van der Waals surface area contributed by atoms with Gasteiger partial charge >= 0.3 is 0 Å². The van der Waals surface area contributed by atoms with E-state index >= 15 is 0 Å². The highest BCUT2D eigenvalue weighted by atomic mass is 32.2. The molecule has 1 unspecified atom stereocenters. The number of ether oxygens (including phenoxy) is 1. The predicted octanol–water partition coefficient (Wildman–Crippen LogP) is 2.21. The first-order chi connectivity index (χ1) is 9.76. The van der Waals surface area contributed by atoms with Gasteiger partial charge in [0.2, 0.25) is 0 Å². The zero-order valence-corrected chi connectivity index (χ0v) is 13.9. The van der Waals surface area contributed by atoms with E-state index in [1.807, 2.05) is 51.1 Å². The van der Waals surface area contributed by atoms with E-state index in [0.29, 0.717) is 12.3 Å². The molecule has 0 N–H and O–H groups in total. The Morgan fingerprint density at radius 2 is 1.95 bits per heavy atom. The summed E-state index contributed by atoms with van der Waals surface area (Å²) >= 11 is 0. The maximum absolute atomic E-state index is 11.8. The molecule has 0 amide bonds. The Hall–Kier alpha value is -1.07. The molecule has 21 heavy (non-hydrogen) atoms. The van der Waals surface area contributed by atoms with Crippen LogP contribution in [0.3, 0.4) is 0 Å². The first kappa shape index (κ1) is 16.3. The second kappa shape index (κ2) is 6.36. The highest BCUT2D eigenvalue weighted by molar-refractivity contribution is 7.91. The molecule has 1 aliphatic rings. The molecule has 0 aromatic heterocycles. The van der Waals surface area contributed by atoms with Crippen LogP contribution >= 0.6 is 0 Å². The van der Waals surface area contributed by atoms with Gasteiger partial charge in [0, 0.05) is 19.6 Å². The second-order valence-corrected chi connectivity index (χ2v) is 8.86. The van der Waals surface area contributed by atoms with Gasteiger partial charge in [0.25, 0.3) is 0 Å². The van der Waals surface area contributed by atoms with Crippen molar-refractivity contribution in [2.24, 2.45) is 5.92 Å². The van der Waals surface area contributed by atoms with E-state index in [1.54, 1.807) is 0 Å². The molecule has 0 spiro atoms. The molecule has 1 fully saturated rings. The van der Waals surface area contributed by atoms with Crippen LogP contribution in [0.2, 0.25) is 0 Å². The Bertz CT molecular complexity index is 554. The third-order valence-corrected chi connectivity index (χ3v) is 5.45. The zero-order valence-electron chi connectivity index (χ0n) is 13.1. The Balaban J connectivity index is 1.99. The summed E-state index contributed by atoms with van der Waals surface area (Å²) in [7, 11) is -2.90. The molecule has 0 saturated carbocycles. The summed E-state index contributed by atoms with van der Waals surface area (Å²) in [6, 6.07) is 9.74. The molecule has 118 valence electrons. The van der Waals surface area contributed by atoms with Crippen molar-refractivity contribution in [1.82, 2.24) is 4.90 Å². The summed E-state index contributed by atoms with van der Waals surface area (Å²) in [5, 5.41) is 0. The van der Waals surface area contributed by atoms with Crippen LogP contribution in [0.25, 0.3) is 0 Å². The van der Waals surface area contributed by atoms with Crippen molar-refractivity contribution in [3.63, 3.8) is 0 Å². The van der Waals surface area contributed by atoms with Gasteiger partial charge in [-0.3, -0.25) is 4.90 Å². The number of benzene rings is 1. The van der Waals surface area contributed by atoms with E-state index in [1.165, 1.54) is 0 Å². The van der Waals surface area contributed by atoms with Gasteiger partial charge in [-0.2, -0.15) is 0 Å². The lowest BCUT2D eigenvalue weighted by atomic mass is 10.1. The lowest BCUT2D eigenvalue weighted by Crippen LogP contribution is -2.44. The number of rotatable bonds is 4. The van der Waals surface area contributed by atoms with Crippen LogP contribution < -0.4 is 4.74 Å². The number of hydrogen-bond acceptors (Lipinski definition) is 4. The van der Waals surface area contributed by atoms with Crippen molar-refractivity contribution < 1.29 is 13.2 Å². The van der Waals surface area contributed by atoms with Crippen molar-refractivity contribution in [1.29, 1.82) is 0 Å². The quantitative estimate of drug-likeness (QED) is 0.855.